The molecule has 2 heterocycles. The van der Waals surface area contributed by atoms with Gasteiger partial charge in [-0.05, 0) is 45.8 Å². The molecule has 2 atom stereocenters. The van der Waals surface area contributed by atoms with Gasteiger partial charge in [0.1, 0.15) is 0 Å². The van der Waals surface area contributed by atoms with Gasteiger partial charge in [0.05, 0.1) is 6.10 Å². The van der Waals surface area contributed by atoms with Crippen LogP contribution in [0.25, 0.3) is 0 Å². The van der Waals surface area contributed by atoms with Crippen molar-refractivity contribution in [1.29, 1.82) is 0 Å². The molecule has 2 saturated heterocycles. The van der Waals surface area contributed by atoms with Gasteiger partial charge in [-0.3, -0.25) is 4.79 Å². The van der Waals surface area contributed by atoms with Gasteiger partial charge < -0.3 is 15.0 Å². The molecular weight excluding hydrogens is 284 g/mol. The van der Waals surface area contributed by atoms with Crippen molar-refractivity contribution in [1.82, 2.24) is 10.2 Å². The number of carbonyl (C=O) groups is 1. The fourth-order valence-corrected chi connectivity index (χ4v) is 4.14. The van der Waals surface area contributed by atoms with Crippen molar-refractivity contribution in [3.63, 3.8) is 0 Å². The highest BCUT2D eigenvalue weighted by molar-refractivity contribution is 7.99. The first-order valence-electron chi connectivity index (χ1n) is 8.19. The van der Waals surface area contributed by atoms with Gasteiger partial charge in [0.25, 0.3) is 0 Å². The number of nitrogens with one attached hydrogen (secondary N) is 1. The molecule has 0 bridgehead atoms. The minimum atomic E-state index is 0.0723. The Hall–Kier alpha value is -0.260. The van der Waals surface area contributed by atoms with E-state index in [0.29, 0.717) is 12.5 Å². The lowest BCUT2D eigenvalue weighted by Gasteiger charge is -2.31. The topological polar surface area (TPSA) is 41.6 Å². The van der Waals surface area contributed by atoms with Crippen molar-refractivity contribution >= 4 is 17.7 Å². The van der Waals surface area contributed by atoms with Crippen LogP contribution in [0.5, 0.6) is 0 Å². The highest BCUT2D eigenvalue weighted by Crippen LogP contribution is 2.25. The summed E-state index contributed by atoms with van der Waals surface area (Å²) in [5, 5.41) is 3.41. The summed E-state index contributed by atoms with van der Waals surface area (Å²) in [6.07, 6.45) is 4.22. The predicted molar refractivity (Wildman–Crippen MR) is 88.8 cm³/mol. The highest BCUT2D eigenvalue weighted by atomic mass is 32.2. The van der Waals surface area contributed by atoms with Gasteiger partial charge in [-0.2, -0.15) is 11.8 Å². The summed E-state index contributed by atoms with van der Waals surface area (Å²) in [6.45, 7) is 8.81. The summed E-state index contributed by atoms with van der Waals surface area (Å²) in [5.41, 5.74) is 0.0723. The second-order valence-electron chi connectivity index (χ2n) is 7.13. The molecule has 2 aliphatic rings. The lowest BCUT2D eigenvalue weighted by molar-refractivity contribution is -0.134. The fraction of sp³-hybridized carbons (Fsp3) is 0.938. The Bertz CT molecular complexity index is 332. The molecule has 0 aromatic carbocycles. The quantitative estimate of drug-likeness (QED) is 0.817. The Kier molecular flexibility index (Phi) is 6.38. The average Bonchev–Trinajstić information content (AvgIpc) is 3.07. The Balaban J connectivity index is 1.85. The molecule has 4 nitrogen and oxygen atoms in total. The SMILES string of the molecule is CC(C)(C)NCCC(=O)N(CC1CCCO1)C1CCSC1. The van der Waals surface area contributed by atoms with E-state index in [-0.39, 0.29) is 17.6 Å². The van der Waals surface area contributed by atoms with Gasteiger partial charge in [0, 0.05) is 43.5 Å². The van der Waals surface area contributed by atoms with Crippen molar-refractivity contribution in [2.24, 2.45) is 0 Å². The van der Waals surface area contributed by atoms with Crippen molar-refractivity contribution in [2.75, 3.05) is 31.2 Å². The number of carbonyl (C=O) groups excluding carboxylic acids is 1. The summed E-state index contributed by atoms with van der Waals surface area (Å²) >= 11 is 1.96. The van der Waals surface area contributed by atoms with Crippen LogP contribution in [0.3, 0.4) is 0 Å². The minimum absolute atomic E-state index is 0.0723. The normalized spacial score (nSPS) is 26.2. The number of nitrogens with zero attached hydrogens (tertiary/aromatic N) is 1. The molecule has 2 aliphatic heterocycles. The monoisotopic (exact) mass is 314 g/mol. The molecule has 0 spiro atoms. The lowest BCUT2D eigenvalue weighted by atomic mass is 10.1. The summed E-state index contributed by atoms with van der Waals surface area (Å²) < 4.78 is 5.74. The first-order chi connectivity index (χ1) is 9.96. The second-order valence-corrected chi connectivity index (χ2v) is 8.28. The highest BCUT2D eigenvalue weighted by Gasteiger charge is 2.30. The van der Waals surface area contributed by atoms with E-state index in [2.05, 4.69) is 31.0 Å². The lowest BCUT2D eigenvalue weighted by Crippen LogP contribution is -2.46. The van der Waals surface area contributed by atoms with E-state index >= 15 is 0 Å². The molecule has 1 N–H and O–H groups in total. The standard InChI is InChI=1S/C16H30N2O2S/c1-16(2,3)17-8-6-15(19)18(13-7-10-21-12-13)11-14-5-4-9-20-14/h13-14,17H,4-12H2,1-3H3. The molecule has 0 aromatic heterocycles. The van der Waals surface area contributed by atoms with Crippen LogP contribution < -0.4 is 5.32 Å². The van der Waals surface area contributed by atoms with Crippen LogP contribution in [-0.4, -0.2) is 59.7 Å². The van der Waals surface area contributed by atoms with Gasteiger partial charge in [-0.15, -0.1) is 0 Å². The fourth-order valence-electron chi connectivity index (χ4n) is 2.92. The molecule has 0 aliphatic carbocycles. The van der Waals surface area contributed by atoms with Crippen LogP contribution in [-0.2, 0) is 9.53 Å². The van der Waals surface area contributed by atoms with E-state index < -0.39 is 0 Å². The zero-order chi connectivity index (χ0) is 15.3. The summed E-state index contributed by atoms with van der Waals surface area (Å²) in [6, 6.07) is 0.418. The first-order valence-corrected chi connectivity index (χ1v) is 9.35. The van der Waals surface area contributed by atoms with Gasteiger partial charge in [-0.1, -0.05) is 0 Å². The maximum Gasteiger partial charge on any atom is 0.224 e. The molecular formula is C16H30N2O2S. The van der Waals surface area contributed by atoms with E-state index in [1.165, 1.54) is 5.75 Å². The van der Waals surface area contributed by atoms with E-state index in [0.717, 1.165) is 44.7 Å². The van der Waals surface area contributed by atoms with Crippen LogP contribution >= 0.6 is 11.8 Å². The smallest absolute Gasteiger partial charge is 0.224 e. The average molecular weight is 314 g/mol. The van der Waals surface area contributed by atoms with Crippen molar-refractivity contribution in [3.05, 3.63) is 0 Å². The van der Waals surface area contributed by atoms with E-state index in [1.54, 1.807) is 0 Å². The zero-order valence-electron chi connectivity index (χ0n) is 13.7. The second kappa shape index (κ2) is 7.84. The van der Waals surface area contributed by atoms with Crippen LogP contribution in [0.15, 0.2) is 0 Å². The predicted octanol–water partition coefficient (Wildman–Crippen LogP) is 2.28. The Morgan fingerprint density at radius 3 is 2.76 bits per heavy atom. The zero-order valence-corrected chi connectivity index (χ0v) is 14.5. The van der Waals surface area contributed by atoms with E-state index in [9.17, 15) is 4.79 Å². The first kappa shape index (κ1) is 17.1. The summed E-state index contributed by atoms with van der Waals surface area (Å²) in [4.78, 5) is 14.7. The molecule has 2 rings (SSSR count). The van der Waals surface area contributed by atoms with E-state index in [4.69, 9.17) is 4.74 Å². The molecule has 0 radical (unpaired) electrons. The van der Waals surface area contributed by atoms with Crippen LogP contribution in [0.1, 0.15) is 46.5 Å². The molecule has 0 aromatic rings. The number of ether oxygens (including phenoxy) is 1. The third-order valence-corrected chi connectivity index (χ3v) is 5.23. The molecule has 1 amide bonds. The molecule has 2 fully saturated rings. The van der Waals surface area contributed by atoms with E-state index in [1.807, 2.05) is 11.8 Å². The molecule has 2 unspecified atom stereocenters. The van der Waals surface area contributed by atoms with Crippen molar-refractivity contribution in [2.45, 2.75) is 64.1 Å². The maximum atomic E-state index is 12.6. The minimum Gasteiger partial charge on any atom is -0.376 e. The van der Waals surface area contributed by atoms with Crippen LogP contribution in [0, 0.1) is 0 Å². The Morgan fingerprint density at radius 1 is 1.38 bits per heavy atom. The molecule has 5 heteroatoms. The van der Waals surface area contributed by atoms with Crippen molar-refractivity contribution < 1.29 is 9.53 Å². The molecule has 122 valence electrons. The van der Waals surface area contributed by atoms with Crippen LogP contribution in [0.4, 0.5) is 0 Å². The third kappa shape index (κ3) is 5.80. The number of amides is 1. The van der Waals surface area contributed by atoms with Gasteiger partial charge in [-0.25, -0.2) is 0 Å². The number of hydrogen-bond acceptors (Lipinski definition) is 4. The molecule has 0 saturated carbocycles. The van der Waals surface area contributed by atoms with Gasteiger partial charge >= 0.3 is 0 Å². The van der Waals surface area contributed by atoms with Crippen LogP contribution in [0.2, 0.25) is 0 Å². The number of hydrogen-bond donors (Lipinski definition) is 1. The molecule has 21 heavy (non-hydrogen) atoms. The van der Waals surface area contributed by atoms with Gasteiger partial charge in [0.15, 0.2) is 0 Å². The number of rotatable bonds is 6. The third-order valence-electron chi connectivity index (χ3n) is 4.09. The Labute approximate surface area is 133 Å². The maximum absolute atomic E-state index is 12.6. The summed E-state index contributed by atoms with van der Waals surface area (Å²) in [5.74, 6) is 2.56. The Morgan fingerprint density at radius 2 is 2.19 bits per heavy atom. The van der Waals surface area contributed by atoms with Gasteiger partial charge in [0.2, 0.25) is 5.91 Å². The number of thioether (sulfide) groups is 1. The largest absolute Gasteiger partial charge is 0.376 e. The van der Waals surface area contributed by atoms with Crippen molar-refractivity contribution in [3.8, 4) is 0 Å². The summed E-state index contributed by atoms with van der Waals surface area (Å²) in [7, 11) is 0.